The standard InChI is InChI=1S/C17H30N2O2/c20-16(18-10-7-15-6-5-13-21-14-15)17(8-1-2-9-17)19-11-3-4-12-19/h15H,1-14H2,(H,18,20)/t15-/m1/s1. The molecule has 0 aromatic rings. The van der Waals surface area contributed by atoms with E-state index in [1.807, 2.05) is 0 Å². The first kappa shape index (κ1) is 15.3. The van der Waals surface area contributed by atoms with E-state index in [1.165, 1.54) is 38.5 Å². The fraction of sp³-hybridized carbons (Fsp3) is 0.941. The SMILES string of the molecule is O=C(NCC[C@H]1CCCOC1)C1(N2CCCC2)CCCC1. The van der Waals surface area contributed by atoms with Gasteiger partial charge in [-0.2, -0.15) is 0 Å². The lowest BCUT2D eigenvalue weighted by Gasteiger charge is -2.37. The van der Waals surface area contributed by atoms with Crippen molar-refractivity contribution in [3.63, 3.8) is 0 Å². The van der Waals surface area contributed by atoms with Crippen molar-refractivity contribution in [2.24, 2.45) is 5.92 Å². The third-order valence-corrected chi connectivity index (χ3v) is 5.66. The number of nitrogens with one attached hydrogen (secondary N) is 1. The van der Waals surface area contributed by atoms with Crippen molar-refractivity contribution >= 4 is 5.91 Å². The minimum absolute atomic E-state index is 0.167. The minimum Gasteiger partial charge on any atom is -0.381 e. The summed E-state index contributed by atoms with van der Waals surface area (Å²) >= 11 is 0. The molecule has 2 aliphatic heterocycles. The Bertz CT molecular complexity index is 341. The maximum Gasteiger partial charge on any atom is 0.240 e. The van der Waals surface area contributed by atoms with Crippen LogP contribution in [0.1, 0.15) is 57.8 Å². The summed E-state index contributed by atoms with van der Waals surface area (Å²) in [6.45, 7) is 4.85. The van der Waals surface area contributed by atoms with Gasteiger partial charge >= 0.3 is 0 Å². The van der Waals surface area contributed by atoms with Crippen LogP contribution < -0.4 is 5.32 Å². The highest BCUT2D eigenvalue weighted by Crippen LogP contribution is 2.37. The van der Waals surface area contributed by atoms with E-state index in [1.54, 1.807) is 0 Å². The van der Waals surface area contributed by atoms with Crippen LogP contribution in [0.2, 0.25) is 0 Å². The Kier molecular flexibility index (Phi) is 5.17. The van der Waals surface area contributed by atoms with Gasteiger partial charge in [-0.1, -0.05) is 12.8 Å². The Morgan fingerprint density at radius 1 is 1.14 bits per heavy atom. The highest BCUT2D eigenvalue weighted by atomic mass is 16.5. The zero-order valence-electron chi connectivity index (χ0n) is 13.2. The lowest BCUT2D eigenvalue weighted by molar-refractivity contribution is -0.133. The number of carbonyl (C=O) groups excluding carboxylic acids is 1. The van der Waals surface area contributed by atoms with E-state index < -0.39 is 0 Å². The fourth-order valence-corrected chi connectivity index (χ4v) is 4.38. The molecule has 0 bridgehead atoms. The van der Waals surface area contributed by atoms with Gasteiger partial charge in [0.15, 0.2) is 0 Å². The fourth-order valence-electron chi connectivity index (χ4n) is 4.38. The molecule has 3 fully saturated rings. The van der Waals surface area contributed by atoms with E-state index in [9.17, 15) is 4.79 Å². The van der Waals surface area contributed by atoms with Gasteiger partial charge < -0.3 is 10.1 Å². The minimum atomic E-state index is -0.167. The molecule has 0 spiro atoms. The topological polar surface area (TPSA) is 41.6 Å². The number of likely N-dealkylation sites (tertiary alicyclic amines) is 1. The maximum atomic E-state index is 12.8. The number of amides is 1. The molecular formula is C17H30N2O2. The maximum absolute atomic E-state index is 12.8. The molecular weight excluding hydrogens is 264 g/mol. The van der Waals surface area contributed by atoms with E-state index in [2.05, 4.69) is 10.2 Å². The molecule has 4 nitrogen and oxygen atoms in total. The molecule has 3 rings (SSSR count). The van der Waals surface area contributed by atoms with Crippen LogP contribution >= 0.6 is 0 Å². The van der Waals surface area contributed by atoms with E-state index in [0.717, 1.165) is 52.1 Å². The van der Waals surface area contributed by atoms with Crippen molar-refractivity contribution in [2.45, 2.75) is 63.3 Å². The van der Waals surface area contributed by atoms with E-state index in [-0.39, 0.29) is 5.54 Å². The molecule has 2 heterocycles. The van der Waals surface area contributed by atoms with E-state index >= 15 is 0 Å². The molecule has 0 aromatic heterocycles. The van der Waals surface area contributed by atoms with Gasteiger partial charge in [-0.15, -0.1) is 0 Å². The average molecular weight is 294 g/mol. The summed E-state index contributed by atoms with van der Waals surface area (Å²) in [6.07, 6.45) is 10.6. The summed E-state index contributed by atoms with van der Waals surface area (Å²) < 4.78 is 5.52. The number of rotatable bonds is 5. The van der Waals surface area contributed by atoms with Crippen molar-refractivity contribution in [1.29, 1.82) is 0 Å². The van der Waals surface area contributed by atoms with Gasteiger partial charge in [-0.25, -0.2) is 0 Å². The Morgan fingerprint density at radius 3 is 2.57 bits per heavy atom. The monoisotopic (exact) mass is 294 g/mol. The van der Waals surface area contributed by atoms with Gasteiger partial charge in [0.2, 0.25) is 5.91 Å². The molecule has 1 atom stereocenters. The molecule has 0 unspecified atom stereocenters. The van der Waals surface area contributed by atoms with Crippen LogP contribution in [0.5, 0.6) is 0 Å². The van der Waals surface area contributed by atoms with E-state index in [0.29, 0.717) is 11.8 Å². The van der Waals surface area contributed by atoms with Gasteiger partial charge in [0.25, 0.3) is 0 Å². The third kappa shape index (κ3) is 3.42. The van der Waals surface area contributed by atoms with Crippen LogP contribution in [-0.2, 0) is 9.53 Å². The smallest absolute Gasteiger partial charge is 0.240 e. The van der Waals surface area contributed by atoms with Crippen LogP contribution in [0, 0.1) is 5.92 Å². The summed E-state index contributed by atoms with van der Waals surface area (Å²) in [5.74, 6) is 0.948. The first-order chi connectivity index (χ1) is 10.3. The number of hydrogen-bond donors (Lipinski definition) is 1. The average Bonchev–Trinajstić information content (AvgIpc) is 3.20. The van der Waals surface area contributed by atoms with Gasteiger partial charge in [-0.05, 0) is 64.0 Å². The summed E-state index contributed by atoms with van der Waals surface area (Å²) in [4.78, 5) is 15.3. The predicted octanol–water partition coefficient (Wildman–Crippen LogP) is 2.33. The van der Waals surface area contributed by atoms with Gasteiger partial charge in [0, 0.05) is 19.8 Å². The van der Waals surface area contributed by atoms with Crippen molar-refractivity contribution in [1.82, 2.24) is 10.2 Å². The number of nitrogens with zero attached hydrogens (tertiary/aromatic N) is 1. The Morgan fingerprint density at radius 2 is 1.90 bits per heavy atom. The van der Waals surface area contributed by atoms with Crippen LogP contribution in [0.4, 0.5) is 0 Å². The number of ether oxygens (including phenoxy) is 1. The second kappa shape index (κ2) is 7.10. The lowest BCUT2D eigenvalue weighted by atomic mass is 9.93. The molecule has 3 aliphatic rings. The normalized spacial score (nSPS) is 29.6. The van der Waals surface area contributed by atoms with Gasteiger partial charge in [0.05, 0.1) is 0 Å². The Balaban J connectivity index is 1.50. The second-order valence-electron chi connectivity index (χ2n) is 7.06. The first-order valence-corrected chi connectivity index (χ1v) is 8.92. The van der Waals surface area contributed by atoms with Crippen molar-refractivity contribution in [2.75, 3.05) is 32.8 Å². The summed E-state index contributed by atoms with van der Waals surface area (Å²) in [5, 5.41) is 3.25. The molecule has 2 saturated heterocycles. The molecule has 0 radical (unpaired) electrons. The highest BCUT2D eigenvalue weighted by molar-refractivity contribution is 5.86. The van der Waals surface area contributed by atoms with Crippen molar-refractivity contribution in [3.8, 4) is 0 Å². The van der Waals surface area contributed by atoms with Crippen LogP contribution in [-0.4, -0.2) is 49.2 Å². The molecule has 21 heavy (non-hydrogen) atoms. The molecule has 120 valence electrons. The zero-order valence-corrected chi connectivity index (χ0v) is 13.2. The summed E-state index contributed by atoms with van der Waals surface area (Å²) in [6, 6.07) is 0. The summed E-state index contributed by atoms with van der Waals surface area (Å²) in [7, 11) is 0. The Hall–Kier alpha value is -0.610. The highest BCUT2D eigenvalue weighted by Gasteiger charge is 2.46. The largest absolute Gasteiger partial charge is 0.381 e. The van der Waals surface area contributed by atoms with Crippen molar-refractivity contribution in [3.05, 3.63) is 0 Å². The molecule has 1 amide bonds. The molecule has 0 aromatic carbocycles. The quantitative estimate of drug-likeness (QED) is 0.846. The van der Waals surface area contributed by atoms with Gasteiger partial charge in [-0.3, -0.25) is 9.69 Å². The first-order valence-electron chi connectivity index (χ1n) is 8.92. The number of carbonyl (C=O) groups is 1. The van der Waals surface area contributed by atoms with Crippen LogP contribution in [0.15, 0.2) is 0 Å². The van der Waals surface area contributed by atoms with Gasteiger partial charge in [0.1, 0.15) is 5.54 Å². The summed E-state index contributed by atoms with van der Waals surface area (Å²) in [5.41, 5.74) is -0.167. The molecule has 1 saturated carbocycles. The van der Waals surface area contributed by atoms with Crippen LogP contribution in [0.3, 0.4) is 0 Å². The lowest BCUT2D eigenvalue weighted by Crippen LogP contribution is -2.56. The number of hydrogen-bond acceptors (Lipinski definition) is 3. The van der Waals surface area contributed by atoms with E-state index in [4.69, 9.17) is 4.74 Å². The zero-order chi connectivity index (χ0) is 14.5. The van der Waals surface area contributed by atoms with Crippen LogP contribution in [0.25, 0.3) is 0 Å². The molecule has 1 aliphatic carbocycles. The third-order valence-electron chi connectivity index (χ3n) is 5.66. The molecule has 1 N–H and O–H groups in total. The predicted molar refractivity (Wildman–Crippen MR) is 83.2 cm³/mol. The molecule has 4 heteroatoms. The second-order valence-corrected chi connectivity index (χ2v) is 7.06. The Labute approximate surface area is 128 Å². The van der Waals surface area contributed by atoms with Crippen molar-refractivity contribution < 1.29 is 9.53 Å².